The second kappa shape index (κ2) is 10.5. The number of hydrogen-bond acceptors (Lipinski definition) is 4. The van der Waals surface area contributed by atoms with E-state index in [9.17, 15) is 9.59 Å². The van der Waals surface area contributed by atoms with Gasteiger partial charge < -0.3 is 19.8 Å². The standard InChI is InChI=1S/C26H21ClN2O4/c27-23-9-3-1-6-19(23)17-33-20-13-11-18(12-14-20)25(30)29-24-10-4-2-8-22(24)26(31)28-16-21-7-5-15-32-21/h1-15H,16-17H2,(H,28,31)(H,29,30). The van der Waals surface area contributed by atoms with Crippen molar-refractivity contribution in [2.45, 2.75) is 13.2 Å². The zero-order valence-corrected chi connectivity index (χ0v) is 18.3. The van der Waals surface area contributed by atoms with E-state index < -0.39 is 0 Å². The number of rotatable bonds is 8. The molecule has 7 heteroatoms. The van der Waals surface area contributed by atoms with Gasteiger partial charge in [0.25, 0.3) is 11.8 Å². The Morgan fingerprint density at radius 1 is 0.848 bits per heavy atom. The van der Waals surface area contributed by atoms with Crippen LogP contribution in [0.4, 0.5) is 5.69 Å². The van der Waals surface area contributed by atoms with Crippen molar-refractivity contribution in [1.29, 1.82) is 0 Å². The van der Waals surface area contributed by atoms with Crippen LogP contribution in [-0.2, 0) is 13.2 Å². The molecule has 1 aromatic heterocycles. The van der Waals surface area contributed by atoms with Gasteiger partial charge in [-0.05, 0) is 54.6 Å². The number of benzene rings is 3. The van der Waals surface area contributed by atoms with Crippen molar-refractivity contribution in [2.24, 2.45) is 0 Å². The van der Waals surface area contributed by atoms with E-state index in [1.54, 1.807) is 66.9 Å². The van der Waals surface area contributed by atoms with Crippen molar-refractivity contribution in [3.05, 3.63) is 119 Å². The smallest absolute Gasteiger partial charge is 0.255 e. The molecule has 0 radical (unpaired) electrons. The van der Waals surface area contributed by atoms with E-state index in [1.165, 1.54) is 0 Å². The number of carbonyl (C=O) groups excluding carboxylic acids is 2. The van der Waals surface area contributed by atoms with Crippen LogP contribution < -0.4 is 15.4 Å². The van der Waals surface area contributed by atoms with E-state index in [0.717, 1.165) is 5.56 Å². The Morgan fingerprint density at radius 2 is 1.61 bits per heavy atom. The minimum Gasteiger partial charge on any atom is -0.489 e. The normalized spacial score (nSPS) is 10.5. The predicted octanol–water partition coefficient (Wildman–Crippen LogP) is 5.69. The molecule has 0 saturated heterocycles. The highest BCUT2D eigenvalue weighted by atomic mass is 35.5. The predicted molar refractivity (Wildman–Crippen MR) is 126 cm³/mol. The molecule has 4 rings (SSSR count). The SMILES string of the molecule is O=C(Nc1ccccc1C(=O)NCc1ccco1)c1ccc(OCc2ccccc2Cl)cc1. The number of anilines is 1. The molecule has 0 fully saturated rings. The second-order valence-corrected chi connectivity index (χ2v) is 7.57. The van der Waals surface area contributed by atoms with Crippen molar-refractivity contribution in [3.8, 4) is 5.75 Å². The Kier molecular flexibility index (Phi) is 7.07. The van der Waals surface area contributed by atoms with Crippen LogP contribution in [0, 0.1) is 0 Å². The first-order valence-corrected chi connectivity index (χ1v) is 10.6. The Labute approximate surface area is 196 Å². The van der Waals surface area contributed by atoms with Crippen LogP contribution in [0.25, 0.3) is 0 Å². The highest BCUT2D eigenvalue weighted by Crippen LogP contribution is 2.20. The molecule has 0 bridgehead atoms. The van der Waals surface area contributed by atoms with Crippen LogP contribution in [0.15, 0.2) is 95.6 Å². The van der Waals surface area contributed by atoms with E-state index in [1.807, 2.05) is 24.3 Å². The molecule has 166 valence electrons. The fraction of sp³-hybridized carbons (Fsp3) is 0.0769. The average molecular weight is 461 g/mol. The van der Waals surface area contributed by atoms with Gasteiger partial charge in [0, 0.05) is 16.1 Å². The van der Waals surface area contributed by atoms with Crippen LogP contribution in [0.5, 0.6) is 5.75 Å². The number of para-hydroxylation sites is 1. The molecule has 0 saturated carbocycles. The molecule has 2 amide bonds. The molecule has 0 aliphatic rings. The Hall–Kier alpha value is -4.03. The summed E-state index contributed by atoms with van der Waals surface area (Å²) in [6.45, 7) is 0.579. The van der Waals surface area contributed by atoms with Gasteiger partial charge in [-0.3, -0.25) is 9.59 Å². The summed E-state index contributed by atoms with van der Waals surface area (Å²) in [4.78, 5) is 25.4. The van der Waals surface area contributed by atoms with E-state index in [4.69, 9.17) is 20.8 Å². The maximum Gasteiger partial charge on any atom is 0.255 e. The van der Waals surface area contributed by atoms with E-state index in [0.29, 0.717) is 40.0 Å². The van der Waals surface area contributed by atoms with Gasteiger partial charge >= 0.3 is 0 Å². The lowest BCUT2D eigenvalue weighted by atomic mass is 10.1. The average Bonchev–Trinajstić information content (AvgIpc) is 3.36. The largest absolute Gasteiger partial charge is 0.489 e. The van der Waals surface area contributed by atoms with Gasteiger partial charge in [0.1, 0.15) is 18.1 Å². The van der Waals surface area contributed by atoms with Crippen molar-refractivity contribution < 1.29 is 18.7 Å². The lowest BCUT2D eigenvalue weighted by Crippen LogP contribution is -2.24. The topological polar surface area (TPSA) is 80.6 Å². The molecule has 6 nitrogen and oxygen atoms in total. The summed E-state index contributed by atoms with van der Waals surface area (Å²) in [6, 6.07) is 24.6. The quantitative estimate of drug-likeness (QED) is 0.353. The van der Waals surface area contributed by atoms with Crippen LogP contribution in [-0.4, -0.2) is 11.8 Å². The third-order valence-corrected chi connectivity index (χ3v) is 5.26. The number of halogens is 1. The summed E-state index contributed by atoms with van der Waals surface area (Å²) >= 11 is 6.15. The summed E-state index contributed by atoms with van der Waals surface area (Å²) in [6.07, 6.45) is 1.54. The fourth-order valence-corrected chi connectivity index (χ4v) is 3.33. The molecular weight excluding hydrogens is 440 g/mol. The summed E-state index contributed by atoms with van der Waals surface area (Å²) in [7, 11) is 0. The molecule has 0 aliphatic carbocycles. The van der Waals surface area contributed by atoms with Crippen molar-refractivity contribution >= 4 is 29.1 Å². The van der Waals surface area contributed by atoms with Crippen LogP contribution in [0.2, 0.25) is 5.02 Å². The maximum absolute atomic E-state index is 12.8. The Bertz CT molecular complexity index is 1240. The van der Waals surface area contributed by atoms with Crippen LogP contribution >= 0.6 is 11.6 Å². The molecule has 2 N–H and O–H groups in total. The number of hydrogen-bond donors (Lipinski definition) is 2. The van der Waals surface area contributed by atoms with Crippen LogP contribution in [0.1, 0.15) is 32.0 Å². The minimum absolute atomic E-state index is 0.254. The van der Waals surface area contributed by atoms with Crippen molar-refractivity contribution in [3.63, 3.8) is 0 Å². The van der Waals surface area contributed by atoms with E-state index in [-0.39, 0.29) is 18.4 Å². The molecule has 1 heterocycles. The number of furan rings is 1. The lowest BCUT2D eigenvalue weighted by molar-refractivity contribution is 0.0949. The molecule has 4 aromatic rings. The monoisotopic (exact) mass is 460 g/mol. The van der Waals surface area contributed by atoms with Gasteiger partial charge in [-0.2, -0.15) is 0 Å². The highest BCUT2D eigenvalue weighted by Gasteiger charge is 2.14. The van der Waals surface area contributed by atoms with Gasteiger partial charge in [0.15, 0.2) is 0 Å². The third-order valence-electron chi connectivity index (χ3n) is 4.89. The van der Waals surface area contributed by atoms with Crippen LogP contribution in [0.3, 0.4) is 0 Å². The van der Waals surface area contributed by atoms with Gasteiger partial charge in [-0.1, -0.05) is 41.9 Å². The number of carbonyl (C=O) groups is 2. The summed E-state index contributed by atoms with van der Waals surface area (Å²) in [5.74, 6) is 0.607. The summed E-state index contributed by atoms with van der Waals surface area (Å²) in [5, 5.41) is 6.23. The number of nitrogens with one attached hydrogen (secondary N) is 2. The Morgan fingerprint density at radius 3 is 2.36 bits per heavy atom. The first kappa shape index (κ1) is 22.2. The van der Waals surface area contributed by atoms with Gasteiger partial charge in [-0.25, -0.2) is 0 Å². The van der Waals surface area contributed by atoms with E-state index >= 15 is 0 Å². The maximum atomic E-state index is 12.8. The minimum atomic E-state index is -0.334. The molecule has 0 spiro atoms. The van der Waals surface area contributed by atoms with Gasteiger partial charge in [0.2, 0.25) is 0 Å². The first-order valence-electron chi connectivity index (χ1n) is 10.3. The highest BCUT2D eigenvalue weighted by molar-refractivity contribution is 6.31. The number of ether oxygens (including phenoxy) is 1. The summed E-state index contributed by atoms with van der Waals surface area (Å²) < 4.78 is 11.0. The summed E-state index contributed by atoms with van der Waals surface area (Å²) in [5.41, 5.74) is 2.09. The lowest BCUT2D eigenvalue weighted by Gasteiger charge is -2.12. The molecule has 33 heavy (non-hydrogen) atoms. The molecule has 3 aromatic carbocycles. The first-order chi connectivity index (χ1) is 16.1. The second-order valence-electron chi connectivity index (χ2n) is 7.17. The fourth-order valence-electron chi connectivity index (χ4n) is 3.14. The zero-order valence-electron chi connectivity index (χ0n) is 17.6. The van der Waals surface area contributed by atoms with Crippen molar-refractivity contribution in [1.82, 2.24) is 5.32 Å². The third kappa shape index (κ3) is 5.81. The molecule has 0 unspecified atom stereocenters. The Balaban J connectivity index is 1.38. The van der Waals surface area contributed by atoms with Crippen molar-refractivity contribution in [2.75, 3.05) is 5.32 Å². The number of amides is 2. The molecule has 0 atom stereocenters. The zero-order chi connectivity index (χ0) is 23.0. The van der Waals surface area contributed by atoms with Gasteiger partial charge in [-0.15, -0.1) is 0 Å². The van der Waals surface area contributed by atoms with E-state index in [2.05, 4.69) is 10.6 Å². The molecule has 0 aliphatic heterocycles. The van der Waals surface area contributed by atoms with Gasteiger partial charge in [0.05, 0.1) is 24.1 Å². The molecular formula is C26H21ClN2O4.